The maximum absolute atomic E-state index is 12.8. The summed E-state index contributed by atoms with van der Waals surface area (Å²) < 4.78 is 25.3. The predicted octanol–water partition coefficient (Wildman–Crippen LogP) is 1.09. The van der Waals surface area contributed by atoms with E-state index in [2.05, 4.69) is 10.3 Å². The van der Waals surface area contributed by atoms with E-state index >= 15 is 0 Å². The maximum Gasteiger partial charge on any atom is 0.256 e. The fraction of sp³-hybridized carbons (Fsp3) is 0.267. The van der Waals surface area contributed by atoms with Crippen molar-refractivity contribution in [1.82, 2.24) is 4.98 Å². The molecule has 0 radical (unpaired) electrons. The highest BCUT2D eigenvalue weighted by Crippen LogP contribution is 2.35. The summed E-state index contributed by atoms with van der Waals surface area (Å²) >= 11 is 0.671. The van der Waals surface area contributed by atoms with Crippen LogP contribution in [-0.2, 0) is 14.6 Å². The number of nitrogens with zero attached hydrogens (tertiary/aromatic N) is 1. The Morgan fingerprint density at radius 1 is 1.36 bits per heavy atom. The molecule has 0 saturated carbocycles. The Hall–Kier alpha value is -2.30. The van der Waals surface area contributed by atoms with Crippen molar-refractivity contribution < 1.29 is 23.1 Å². The van der Waals surface area contributed by atoms with Crippen molar-refractivity contribution in [3.05, 3.63) is 35.5 Å². The first kappa shape index (κ1) is 19.0. The van der Waals surface area contributed by atoms with Gasteiger partial charge < -0.3 is 16.2 Å². The Balaban J connectivity index is 2.54. The van der Waals surface area contributed by atoms with E-state index in [1.807, 2.05) is 0 Å². The average Bonchev–Trinajstić information content (AvgIpc) is 2.91. The van der Waals surface area contributed by atoms with Crippen LogP contribution in [0.4, 0.5) is 5.00 Å². The van der Waals surface area contributed by atoms with Crippen molar-refractivity contribution in [2.24, 2.45) is 5.73 Å². The molecule has 0 unspecified atom stereocenters. The van der Waals surface area contributed by atoms with Crippen molar-refractivity contribution in [2.75, 3.05) is 5.32 Å². The number of nitrogens with one attached hydrogen (secondary N) is 1. The van der Waals surface area contributed by atoms with E-state index in [0.29, 0.717) is 16.9 Å². The van der Waals surface area contributed by atoms with Crippen LogP contribution in [-0.4, -0.2) is 35.9 Å². The minimum atomic E-state index is -3.99. The van der Waals surface area contributed by atoms with Gasteiger partial charge in [-0.1, -0.05) is 6.07 Å². The monoisotopic (exact) mass is 383 g/mol. The number of carbonyl (C=O) groups excluding carboxylic acids is 2. The minimum absolute atomic E-state index is 0.0493. The number of hydrogen-bond donors (Lipinski definition) is 3. The van der Waals surface area contributed by atoms with Gasteiger partial charge in [0.05, 0.1) is 5.56 Å². The Morgan fingerprint density at radius 3 is 2.52 bits per heavy atom. The summed E-state index contributed by atoms with van der Waals surface area (Å²) in [6, 6.07) is 4.29. The van der Waals surface area contributed by atoms with Crippen LogP contribution in [0, 0.1) is 6.92 Å². The first-order valence-electron chi connectivity index (χ1n) is 7.08. The fourth-order valence-electron chi connectivity index (χ4n) is 1.88. The molecule has 2 aromatic heterocycles. The molecule has 0 spiro atoms. The Labute approximate surface area is 148 Å². The number of anilines is 1. The number of carbonyl (C=O) groups is 2. The number of primary amides is 1. The molecule has 0 saturated heterocycles. The second-order valence-corrected chi connectivity index (χ2v) is 8.96. The van der Waals surface area contributed by atoms with Crippen molar-refractivity contribution in [1.29, 1.82) is 0 Å². The van der Waals surface area contributed by atoms with Gasteiger partial charge >= 0.3 is 0 Å². The lowest BCUT2D eigenvalue weighted by Gasteiger charge is -2.16. The van der Waals surface area contributed by atoms with Crippen LogP contribution >= 0.6 is 11.3 Å². The zero-order valence-corrected chi connectivity index (χ0v) is 15.4. The van der Waals surface area contributed by atoms with Gasteiger partial charge in [0.25, 0.3) is 11.8 Å². The number of nitrogens with two attached hydrogens (primary N) is 1. The molecule has 0 aliphatic carbocycles. The molecule has 10 heteroatoms. The number of aliphatic hydroxyl groups is 1. The molecule has 0 aromatic carbocycles. The summed E-state index contributed by atoms with van der Waals surface area (Å²) in [6.07, 6.45) is 1.35. The lowest BCUT2D eigenvalue weighted by atomic mass is 10.1. The fourth-order valence-corrected chi connectivity index (χ4v) is 4.75. The van der Waals surface area contributed by atoms with Gasteiger partial charge in [-0.15, -0.1) is 11.3 Å². The molecule has 8 nitrogen and oxygen atoms in total. The largest absolute Gasteiger partial charge is 0.381 e. The van der Waals surface area contributed by atoms with Crippen LogP contribution in [0.15, 0.2) is 33.6 Å². The van der Waals surface area contributed by atoms with E-state index < -0.39 is 27.3 Å². The first-order chi connectivity index (χ1) is 11.4. The van der Waals surface area contributed by atoms with E-state index in [1.165, 1.54) is 20.0 Å². The van der Waals surface area contributed by atoms with E-state index in [0.717, 1.165) is 6.07 Å². The Kier molecular flexibility index (Phi) is 4.98. The number of aromatic nitrogens is 1. The zero-order valence-electron chi connectivity index (χ0n) is 13.7. The van der Waals surface area contributed by atoms with Gasteiger partial charge in [0.1, 0.15) is 14.8 Å². The summed E-state index contributed by atoms with van der Waals surface area (Å²) in [5.74, 6) is -1.70. The standard InChI is InChI=1S/C15H17N3O5S2/c1-8-5-4-6-17-13(8)25(22,23)10-7-9(11(16)19)12(24-10)18-14(20)15(2,3)21/h4-7,21H,1-3H3,(H2,16,19)(H,18,20). The number of sulfone groups is 1. The second kappa shape index (κ2) is 6.54. The molecule has 0 bridgehead atoms. The van der Waals surface area contributed by atoms with Crippen LogP contribution in [0.25, 0.3) is 0 Å². The normalized spacial score (nSPS) is 12.0. The lowest BCUT2D eigenvalue weighted by Crippen LogP contribution is -2.36. The minimum Gasteiger partial charge on any atom is -0.381 e. The topological polar surface area (TPSA) is 139 Å². The summed E-state index contributed by atoms with van der Waals surface area (Å²) in [5, 5.41) is 11.8. The number of aryl methyl sites for hydroxylation is 1. The van der Waals surface area contributed by atoms with Crippen LogP contribution < -0.4 is 11.1 Å². The molecule has 2 rings (SSSR count). The molecule has 0 aliphatic heterocycles. The molecular formula is C15H17N3O5S2. The molecule has 0 atom stereocenters. The van der Waals surface area contributed by atoms with Gasteiger partial charge in [-0.25, -0.2) is 13.4 Å². The van der Waals surface area contributed by atoms with Gasteiger partial charge in [0.2, 0.25) is 9.84 Å². The third-order valence-corrected chi connectivity index (χ3v) is 6.58. The number of pyridine rings is 1. The van der Waals surface area contributed by atoms with Gasteiger partial charge in [-0.2, -0.15) is 0 Å². The van der Waals surface area contributed by atoms with Crippen LogP contribution in [0.5, 0.6) is 0 Å². The third kappa shape index (κ3) is 3.86. The van der Waals surface area contributed by atoms with E-state index in [1.54, 1.807) is 19.1 Å². The highest BCUT2D eigenvalue weighted by molar-refractivity contribution is 7.93. The summed E-state index contributed by atoms with van der Waals surface area (Å²) in [5.41, 5.74) is 3.84. The quantitative estimate of drug-likeness (QED) is 0.706. The van der Waals surface area contributed by atoms with E-state index in [-0.39, 0.29) is 19.8 Å². The second-order valence-electron chi connectivity index (χ2n) is 5.81. The average molecular weight is 383 g/mol. The molecule has 4 N–H and O–H groups in total. The molecule has 2 amide bonds. The third-order valence-electron chi connectivity index (χ3n) is 3.24. The summed E-state index contributed by atoms with van der Waals surface area (Å²) in [4.78, 5) is 27.4. The highest BCUT2D eigenvalue weighted by atomic mass is 32.2. The van der Waals surface area contributed by atoms with Crippen LogP contribution in [0.3, 0.4) is 0 Å². The summed E-state index contributed by atoms with van der Waals surface area (Å²) in [6.45, 7) is 4.11. The Morgan fingerprint density at radius 2 is 2.00 bits per heavy atom. The highest BCUT2D eigenvalue weighted by Gasteiger charge is 2.30. The van der Waals surface area contributed by atoms with Crippen LogP contribution in [0.1, 0.15) is 29.8 Å². The molecule has 134 valence electrons. The van der Waals surface area contributed by atoms with E-state index in [4.69, 9.17) is 5.73 Å². The summed E-state index contributed by atoms with van der Waals surface area (Å²) in [7, 11) is -3.99. The molecule has 2 aromatic rings. The van der Waals surface area contributed by atoms with Crippen molar-refractivity contribution in [2.45, 2.75) is 35.6 Å². The Bertz CT molecular complexity index is 942. The van der Waals surface area contributed by atoms with Gasteiger partial charge in [0.15, 0.2) is 5.03 Å². The maximum atomic E-state index is 12.8. The predicted molar refractivity (Wildman–Crippen MR) is 92.2 cm³/mol. The van der Waals surface area contributed by atoms with Crippen molar-refractivity contribution in [3.63, 3.8) is 0 Å². The smallest absolute Gasteiger partial charge is 0.256 e. The SMILES string of the molecule is Cc1cccnc1S(=O)(=O)c1cc(C(N)=O)c(NC(=O)C(C)(C)O)s1. The first-order valence-corrected chi connectivity index (χ1v) is 9.38. The number of rotatable bonds is 5. The molecular weight excluding hydrogens is 366 g/mol. The number of thiophene rings is 1. The molecule has 2 heterocycles. The van der Waals surface area contributed by atoms with Crippen molar-refractivity contribution >= 4 is 38.0 Å². The van der Waals surface area contributed by atoms with Gasteiger partial charge in [-0.05, 0) is 38.5 Å². The lowest BCUT2D eigenvalue weighted by molar-refractivity contribution is -0.130. The number of amides is 2. The molecule has 25 heavy (non-hydrogen) atoms. The molecule has 0 fully saturated rings. The van der Waals surface area contributed by atoms with Crippen LogP contribution in [0.2, 0.25) is 0 Å². The number of hydrogen-bond acceptors (Lipinski definition) is 7. The zero-order chi connectivity index (χ0) is 19.0. The van der Waals surface area contributed by atoms with Gasteiger partial charge in [0, 0.05) is 6.20 Å². The van der Waals surface area contributed by atoms with E-state index in [9.17, 15) is 23.1 Å². The van der Waals surface area contributed by atoms with Gasteiger partial charge in [-0.3, -0.25) is 9.59 Å². The van der Waals surface area contributed by atoms with Crippen molar-refractivity contribution in [3.8, 4) is 0 Å². The molecule has 0 aliphatic rings.